The summed E-state index contributed by atoms with van der Waals surface area (Å²) in [4.78, 5) is 25.6. The predicted molar refractivity (Wildman–Crippen MR) is 78.0 cm³/mol. The number of nitrogens with two attached hydrogens (primary N) is 1. The second-order valence-electron chi connectivity index (χ2n) is 6.62. The third-order valence-electron chi connectivity index (χ3n) is 4.65. The first-order valence-electron chi connectivity index (χ1n) is 7.76. The van der Waals surface area contributed by atoms with Crippen LogP contribution in [0.1, 0.15) is 52.4 Å². The van der Waals surface area contributed by atoms with Gasteiger partial charge in [-0.25, -0.2) is 0 Å². The van der Waals surface area contributed by atoms with Gasteiger partial charge in [0.05, 0.1) is 5.54 Å². The van der Waals surface area contributed by atoms with Crippen LogP contribution in [-0.2, 0) is 9.59 Å². The van der Waals surface area contributed by atoms with Crippen molar-refractivity contribution in [2.45, 2.75) is 64.0 Å². The Bertz CT molecular complexity index is 377. The van der Waals surface area contributed by atoms with Crippen molar-refractivity contribution in [2.24, 2.45) is 11.7 Å². The van der Waals surface area contributed by atoms with Gasteiger partial charge >= 0.3 is 0 Å². The quantitative estimate of drug-likeness (QED) is 0.793. The van der Waals surface area contributed by atoms with Gasteiger partial charge in [-0.15, -0.1) is 0 Å². The van der Waals surface area contributed by atoms with Gasteiger partial charge < -0.3 is 16.0 Å². The number of hydrogen-bond acceptors (Lipinski definition) is 3. The lowest BCUT2D eigenvalue weighted by atomic mass is 9.76. The van der Waals surface area contributed by atoms with Gasteiger partial charge in [0.15, 0.2) is 0 Å². The van der Waals surface area contributed by atoms with Crippen molar-refractivity contribution in [2.75, 3.05) is 13.1 Å². The average molecular weight is 281 g/mol. The molecule has 5 heteroatoms. The number of nitrogens with zero attached hydrogens (tertiary/aromatic N) is 1. The monoisotopic (exact) mass is 281 g/mol. The first-order chi connectivity index (χ1) is 9.40. The Balaban J connectivity index is 1.89. The summed E-state index contributed by atoms with van der Waals surface area (Å²) < 4.78 is 0. The van der Waals surface area contributed by atoms with E-state index in [0.29, 0.717) is 19.0 Å². The highest BCUT2D eigenvalue weighted by molar-refractivity contribution is 5.86. The van der Waals surface area contributed by atoms with Crippen LogP contribution >= 0.6 is 0 Å². The number of carbonyl (C=O) groups is 2. The van der Waals surface area contributed by atoms with Gasteiger partial charge in [-0.3, -0.25) is 9.59 Å². The minimum Gasteiger partial charge on any atom is -0.353 e. The van der Waals surface area contributed by atoms with Crippen molar-refractivity contribution >= 4 is 11.8 Å². The van der Waals surface area contributed by atoms with Crippen LogP contribution in [0.15, 0.2) is 0 Å². The van der Waals surface area contributed by atoms with Gasteiger partial charge in [-0.2, -0.15) is 0 Å². The minimum atomic E-state index is -0.654. The minimum absolute atomic E-state index is 0.00572. The maximum atomic E-state index is 12.7. The summed E-state index contributed by atoms with van der Waals surface area (Å²) in [6, 6.07) is 0.204. The lowest BCUT2D eigenvalue weighted by Gasteiger charge is -2.41. The number of carbonyl (C=O) groups excluding carboxylic acids is 2. The van der Waals surface area contributed by atoms with Crippen molar-refractivity contribution in [3.05, 3.63) is 0 Å². The van der Waals surface area contributed by atoms with Crippen LogP contribution in [0, 0.1) is 5.92 Å². The molecular weight excluding hydrogens is 254 g/mol. The topological polar surface area (TPSA) is 75.4 Å². The molecule has 2 fully saturated rings. The van der Waals surface area contributed by atoms with Crippen molar-refractivity contribution in [1.29, 1.82) is 0 Å². The van der Waals surface area contributed by atoms with Crippen LogP contribution in [0.2, 0.25) is 0 Å². The summed E-state index contributed by atoms with van der Waals surface area (Å²) in [6.45, 7) is 5.13. The molecule has 0 aromatic carbocycles. The van der Waals surface area contributed by atoms with Crippen molar-refractivity contribution in [3.63, 3.8) is 0 Å². The fourth-order valence-corrected chi connectivity index (χ4v) is 3.62. The fraction of sp³-hybridized carbons (Fsp3) is 0.867. The van der Waals surface area contributed by atoms with Gasteiger partial charge in [-0.05, 0) is 31.6 Å². The number of amides is 2. The highest BCUT2D eigenvalue weighted by Crippen LogP contribution is 2.32. The Kier molecular flexibility index (Phi) is 4.68. The van der Waals surface area contributed by atoms with Crippen molar-refractivity contribution in [1.82, 2.24) is 10.2 Å². The van der Waals surface area contributed by atoms with Crippen LogP contribution < -0.4 is 11.1 Å². The molecular formula is C15H27N3O2. The Morgan fingerprint density at radius 2 is 1.90 bits per heavy atom. The number of likely N-dealkylation sites (tertiary alicyclic amines) is 1. The molecule has 5 nitrogen and oxygen atoms in total. The van der Waals surface area contributed by atoms with E-state index in [2.05, 4.69) is 12.2 Å². The maximum Gasteiger partial charge on any atom is 0.242 e. The zero-order chi connectivity index (χ0) is 14.8. The molecule has 0 aromatic rings. The number of hydrogen-bond donors (Lipinski definition) is 2. The summed E-state index contributed by atoms with van der Waals surface area (Å²) in [5.41, 5.74) is 5.72. The highest BCUT2D eigenvalue weighted by Gasteiger charge is 2.41. The molecule has 114 valence electrons. The third-order valence-corrected chi connectivity index (χ3v) is 4.65. The van der Waals surface area contributed by atoms with Crippen LogP contribution in [-0.4, -0.2) is 41.4 Å². The van der Waals surface area contributed by atoms with Crippen molar-refractivity contribution in [3.8, 4) is 0 Å². The van der Waals surface area contributed by atoms with Crippen LogP contribution in [0.25, 0.3) is 0 Å². The summed E-state index contributed by atoms with van der Waals surface area (Å²) in [5, 5.41) is 2.93. The van der Waals surface area contributed by atoms with E-state index in [1.54, 1.807) is 0 Å². The first kappa shape index (κ1) is 15.3. The Labute approximate surface area is 121 Å². The summed E-state index contributed by atoms with van der Waals surface area (Å²) >= 11 is 0. The molecule has 1 saturated carbocycles. The lowest BCUT2D eigenvalue weighted by molar-refractivity contribution is -0.140. The second kappa shape index (κ2) is 6.12. The van der Waals surface area contributed by atoms with E-state index in [1.807, 2.05) is 4.90 Å². The number of rotatable bonds is 2. The van der Waals surface area contributed by atoms with Gasteiger partial charge in [0.1, 0.15) is 0 Å². The zero-order valence-corrected chi connectivity index (χ0v) is 12.7. The molecule has 1 heterocycles. The highest BCUT2D eigenvalue weighted by atomic mass is 16.2. The Morgan fingerprint density at radius 3 is 2.45 bits per heavy atom. The van der Waals surface area contributed by atoms with Crippen LogP contribution in [0.3, 0.4) is 0 Å². The molecule has 2 unspecified atom stereocenters. The molecule has 2 amide bonds. The summed E-state index contributed by atoms with van der Waals surface area (Å²) in [5.74, 6) is 0.658. The van der Waals surface area contributed by atoms with Gasteiger partial charge in [-0.1, -0.05) is 19.8 Å². The molecule has 1 saturated heterocycles. The number of piperidine rings is 1. The number of nitrogens with one attached hydrogen (secondary N) is 1. The molecule has 2 aliphatic rings. The molecule has 1 aliphatic heterocycles. The largest absolute Gasteiger partial charge is 0.353 e. The smallest absolute Gasteiger partial charge is 0.242 e. The molecule has 0 spiro atoms. The van der Waals surface area contributed by atoms with E-state index in [9.17, 15) is 9.59 Å². The van der Waals surface area contributed by atoms with E-state index >= 15 is 0 Å². The van der Waals surface area contributed by atoms with E-state index in [1.165, 1.54) is 13.3 Å². The van der Waals surface area contributed by atoms with E-state index in [0.717, 1.165) is 32.1 Å². The van der Waals surface area contributed by atoms with Gasteiger partial charge in [0.2, 0.25) is 11.8 Å². The molecule has 0 bridgehead atoms. The molecule has 0 radical (unpaired) electrons. The fourth-order valence-electron chi connectivity index (χ4n) is 3.62. The maximum absolute atomic E-state index is 12.7. The van der Waals surface area contributed by atoms with Gasteiger partial charge in [0.25, 0.3) is 0 Å². The average Bonchev–Trinajstić information content (AvgIpc) is 2.38. The standard InChI is InChI=1S/C15H27N3O2/c1-11-4-3-7-15(16,10-11)14(20)18-8-5-13(6-9-18)17-12(2)19/h11,13H,3-10,16H2,1-2H3,(H,17,19). The van der Waals surface area contributed by atoms with E-state index < -0.39 is 5.54 Å². The second-order valence-corrected chi connectivity index (χ2v) is 6.62. The lowest BCUT2D eigenvalue weighted by Crippen LogP contribution is -2.59. The van der Waals surface area contributed by atoms with E-state index in [4.69, 9.17) is 5.73 Å². The third kappa shape index (κ3) is 3.51. The first-order valence-corrected chi connectivity index (χ1v) is 7.76. The SMILES string of the molecule is CC(=O)NC1CCN(C(=O)C2(N)CCCC(C)C2)CC1. The molecule has 0 aromatic heterocycles. The molecule has 2 atom stereocenters. The molecule has 2 rings (SSSR count). The predicted octanol–water partition coefficient (Wildman–Crippen LogP) is 1.02. The normalized spacial score (nSPS) is 31.9. The summed E-state index contributed by atoms with van der Waals surface area (Å²) in [6.07, 6.45) is 5.50. The zero-order valence-electron chi connectivity index (χ0n) is 12.7. The van der Waals surface area contributed by atoms with Crippen LogP contribution in [0.5, 0.6) is 0 Å². The Hall–Kier alpha value is -1.10. The molecule has 20 heavy (non-hydrogen) atoms. The Morgan fingerprint density at radius 1 is 1.25 bits per heavy atom. The summed E-state index contributed by atoms with van der Waals surface area (Å²) in [7, 11) is 0. The van der Waals surface area contributed by atoms with Crippen LogP contribution in [0.4, 0.5) is 0 Å². The van der Waals surface area contributed by atoms with E-state index in [-0.39, 0.29) is 17.9 Å². The molecule has 1 aliphatic carbocycles. The molecule has 3 N–H and O–H groups in total. The van der Waals surface area contributed by atoms with Gasteiger partial charge in [0, 0.05) is 26.1 Å². The van der Waals surface area contributed by atoms with Crippen molar-refractivity contribution < 1.29 is 9.59 Å².